The summed E-state index contributed by atoms with van der Waals surface area (Å²) in [4.78, 5) is 24.8. The fourth-order valence-corrected chi connectivity index (χ4v) is 3.90. The molecule has 0 amide bonds. The lowest BCUT2D eigenvalue weighted by atomic mass is 9.95. The van der Waals surface area contributed by atoms with E-state index >= 15 is 0 Å². The average Bonchev–Trinajstić information content (AvgIpc) is 3.49. The molecule has 0 heterocycles. The molecule has 0 unspecified atom stereocenters. The van der Waals surface area contributed by atoms with Crippen molar-refractivity contribution in [1.29, 1.82) is 0 Å². The van der Waals surface area contributed by atoms with Gasteiger partial charge in [-0.05, 0) is 49.4 Å². The number of rotatable bonds is 8. The lowest BCUT2D eigenvalue weighted by Gasteiger charge is -2.21. The maximum atomic E-state index is 12.5. The van der Waals surface area contributed by atoms with E-state index in [0.29, 0.717) is 36.8 Å². The number of methoxy groups -OCH3 is 2. The molecule has 30 heavy (non-hydrogen) atoms. The summed E-state index contributed by atoms with van der Waals surface area (Å²) in [5.74, 6) is -0.292. The molecule has 6 heteroatoms. The molecule has 0 aliphatic heterocycles. The third-order valence-electron chi connectivity index (χ3n) is 5.74. The maximum absolute atomic E-state index is 12.5. The van der Waals surface area contributed by atoms with Gasteiger partial charge in [0, 0.05) is 17.5 Å². The van der Waals surface area contributed by atoms with Crippen LogP contribution in [0.15, 0.2) is 30.3 Å². The van der Waals surface area contributed by atoms with Crippen molar-refractivity contribution in [2.24, 2.45) is 5.41 Å². The normalized spacial score (nSPS) is 18.2. The Hall–Kier alpha value is -3.02. The predicted octanol–water partition coefficient (Wildman–Crippen LogP) is 4.22. The molecule has 2 aromatic carbocycles. The number of Topliss-reactive ketones (excluding diaryl/α,β-unsaturated/α-hetero) is 1. The molecular weight excluding hydrogens is 384 g/mol. The van der Waals surface area contributed by atoms with Crippen LogP contribution in [0.1, 0.15) is 47.6 Å². The predicted molar refractivity (Wildman–Crippen MR) is 111 cm³/mol. The van der Waals surface area contributed by atoms with Crippen molar-refractivity contribution in [2.45, 2.75) is 32.6 Å². The maximum Gasteiger partial charge on any atom is 0.315 e. The van der Waals surface area contributed by atoms with E-state index in [1.165, 1.54) is 6.07 Å². The lowest BCUT2D eigenvalue weighted by Crippen LogP contribution is -2.26. The summed E-state index contributed by atoms with van der Waals surface area (Å²) in [6.07, 6.45) is 2.17. The quantitative estimate of drug-likeness (QED) is 0.602. The number of ketones is 1. The van der Waals surface area contributed by atoms with Gasteiger partial charge in [-0.3, -0.25) is 9.59 Å². The monoisotopic (exact) mass is 414 g/mol. The van der Waals surface area contributed by atoms with E-state index < -0.39 is 19.5 Å². The first-order chi connectivity index (χ1) is 16.3. The summed E-state index contributed by atoms with van der Waals surface area (Å²) in [5.41, 5.74) is 1.98. The number of ether oxygens (including phenoxy) is 4. The highest BCUT2D eigenvalue weighted by atomic mass is 16.5. The lowest BCUT2D eigenvalue weighted by molar-refractivity contribution is -0.150. The zero-order chi connectivity index (χ0) is 24.5. The SMILES string of the molecule is [2H]C([2H])Oc1ccc(-c2cccc3c2CCC3=O)c(OCC2(C(=O)OCC)CC2)c1OC([2H])[2H]. The van der Waals surface area contributed by atoms with Crippen molar-refractivity contribution in [3.8, 4) is 28.4 Å². The Morgan fingerprint density at radius 3 is 2.57 bits per heavy atom. The van der Waals surface area contributed by atoms with Gasteiger partial charge in [-0.25, -0.2) is 0 Å². The van der Waals surface area contributed by atoms with E-state index in [1.54, 1.807) is 25.1 Å². The molecule has 0 radical (unpaired) electrons. The molecule has 0 atom stereocenters. The van der Waals surface area contributed by atoms with Gasteiger partial charge in [-0.1, -0.05) is 18.2 Å². The summed E-state index contributed by atoms with van der Waals surface area (Å²) in [6.45, 7) is 1.97. The van der Waals surface area contributed by atoms with Gasteiger partial charge in [0.1, 0.15) is 12.0 Å². The highest BCUT2D eigenvalue weighted by molar-refractivity contribution is 6.02. The van der Waals surface area contributed by atoms with E-state index in [9.17, 15) is 9.59 Å². The summed E-state index contributed by atoms with van der Waals surface area (Å²) < 4.78 is 52.2. The molecule has 1 saturated carbocycles. The van der Waals surface area contributed by atoms with Gasteiger partial charge in [-0.15, -0.1) is 0 Å². The second-order valence-electron chi connectivity index (χ2n) is 7.55. The fourth-order valence-electron chi connectivity index (χ4n) is 3.90. The standard InChI is InChI=1S/C24H26O6/c1-4-29-23(26)24(12-13-24)14-30-21-18(9-11-20(27-2)22(21)28-3)15-6-5-7-17-16(15)8-10-19(17)25/h5-7,9,11H,4,8,10,12-14H2,1-3H3/i2D2,3D2. The van der Waals surface area contributed by atoms with Crippen LogP contribution in [0.3, 0.4) is 0 Å². The molecule has 2 aliphatic carbocycles. The number of esters is 1. The summed E-state index contributed by atoms with van der Waals surface area (Å²) in [7, 11) is -3.42. The molecule has 0 aromatic heterocycles. The molecule has 0 saturated heterocycles. The topological polar surface area (TPSA) is 71.1 Å². The molecule has 6 nitrogen and oxygen atoms in total. The van der Waals surface area contributed by atoms with Crippen molar-refractivity contribution in [3.63, 3.8) is 0 Å². The van der Waals surface area contributed by atoms with Gasteiger partial charge >= 0.3 is 5.97 Å². The van der Waals surface area contributed by atoms with Gasteiger partial charge < -0.3 is 18.9 Å². The average molecular weight is 414 g/mol. The Labute approximate surface area is 181 Å². The van der Waals surface area contributed by atoms with Crippen LogP contribution in [-0.2, 0) is 16.0 Å². The first-order valence-corrected chi connectivity index (χ1v) is 9.90. The van der Waals surface area contributed by atoms with Crippen LogP contribution in [0.25, 0.3) is 11.1 Å². The largest absolute Gasteiger partial charge is 0.493 e. The Morgan fingerprint density at radius 2 is 1.83 bits per heavy atom. The molecule has 4 rings (SSSR count). The molecule has 158 valence electrons. The minimum absolute atomic E-state index is 0.0154. The third kappa shape index (κ3) is 3.40. The number of carbonyl (C=O) groups excluding carboxylic acids is 2. The number of fused-ring (bicyclic) bond motifs is 1. The van der Waals surface area contributed by atoms with Crippen LogP contribution in [0.5, 0.6) is 17.2 Å². The van der Waals surface area contributed by atoms with Gasteiger partial charge in [0.25, 0.3) is 0 Å². The van der Waals surface area contributed by atoms with Gasteiger partial charge in [-0.2, -0.15) is 0 Å². The van der Waals surface area contributed by atoms with Gasteiger partial charge in [0.15, 0.2) is 17.3 Å². The Kier molecular flexibility index (Phi) is 4.21. The first kappa shape index (κ1) is 15.8. The van der Waals surface area contributed by atoms with Crippen LogP contribution in [0.2, 0.25) is 0 Å². The zero-order valence-corrected chi connectivity index (χ0v) is 16.7. The molecule has 1 fully saturated rings. The van der Waals surface area contributed by atoms with Crippen molar-refractivity contribution < 1.29 is 34.0 Å². The number of hydrogen-bond donors (Lipinski definition) is 0. The van der Waals surface area contributed by atoms with Crippen LogP contribution in [0.4, 0.5) is 0 Å². The van der Waals surface area contributed by atoms with Crippen LogP contribution >= 0.6 is 0 Å². The fraction of sp³-hybridized carbons (Fsp3) is 0.417. The Morgan fingerprint density at radius 1 is 1.03 bits per heavy atom. The molecule has 0 bridgehead atoms. The van der Waals surface area contributed by atoms with Crippen LogP contribution < -0.4 is 14.2 Å². The number of benzene rings is 2. The van der Waals surface area contributed by atoms with Crippen LogP contribution in [-0.4, -0.2) is 39.1 Å². The van der Waals surface area contributed by atoms with Crippen molar-refractivity contribution in [2.75, 3.05) is 27.3 Å². The minimum atomic E-state index is -1.74. The molecule has 0 spiro atoms. The third-order valence-corrected chi connectivity index (χ3v) is 5.74. The smallest absolute Gasteiger partial charge is 0.315 e. The van der Waals surface area contributed by atoms with Crippen molar-refractivity contribution in [3.05, 3.63) is 41.5 Å². The van der Waals surface area contributed by atoms with E-state index in [1.807, 2.05) is 6.07 Å². The molecule has 2 aromatic rings. The molecule has 0 N–H and O–H groups in total. The Bertz CT molecular complexity index is 1100. The minimum Gasteiger partial charge on any atom is -0.493 e. The highest BCUT2D eigenvalue weighted by Gasteiger charge is 2.52. The van der Waals surface area contributed by atoms with Crippen molar-refractivity contribution in [1.82, 2.24) is 0 Å². The van der Waals surface area contributed by atoms with E-state index in [2.05, 4.69) is 0 Å². The second kappa shape index (κ2) is 8.01. The van der Waals surface area contributed by atoms with Crippen molar-refractivity contribution >= 4 is 11.8 Å². The number of hydrogen-bond acceptors (Lipinski definition) is 6. The zero-order valence-electron chi connectivity index (χ0n) is 20.7. The number of carbonyl (C=O) groups is 2. The summed E-state index contributed by atoms with van der Waals surface area (Å²) in [5, 5.41) is 0. The highest BCUT2D eigenvalue weighted by Crippen LogP contribution is 2.51. The van der Waals surface area contributed by atoms with Crippen LogP contribution in [0, 0.1) is 5.41 Å². The van der Waals surface area contributed by atoms with Gasteiger partial charge in [0.2, 0.25) is 5.75 Å². The molecular formula is C24H26O6. The van der Waals surface area contributed by atoms with Gasteiger partial charge in [0.05, 0.1) is 26.2 Å². The van der Waals surface area contributed by atoms with E-state index in [-0.39, 0.29) is 42.2 Å². The Balaban J connectivity index is 1.82. The molecule has 2 aliphatic rings. The van der Waals surface area contributed by atoms with E-state index in [0.717, 1.165) is 11.1 Å². The summed E-state index contributed by atoms with van der Waals surface area (Å²) >= 11 is 0. The second-order valence-corrected chi connectivity index (χ2v) is 7.55. The first-order valence-electron chi connectivity index (χ1n) is 12.2. The summed E-state index contributed by atoms with van der Waals surface area (Å²) in [6, 6.07) is 8.56. The van der Waals surface area contributed by atoms with E-state index in [4.69, 9.17) is 24.4 Å².